The first-order chi connectivity index (χ1) is 7.31. The van der Waals surface area contributed by atoms with E-state index in [-0.39, 0.29) is 0 Å². The van der Waals surface area contributed by atoms with Crippen molar-refractivity contribution >= 4 is 0 Å². The molecule has 2 heterocycles. The maximum atomic E-state index is 5.53. The highest BCUT2D eigenvalue weighted by Gasteiger charge is 2.53. The van der Waals surface area contributed by atoms with Crippen LogP contribution in [0.1, 0.15) is 19.3 Å². The van der Waals surface area contributed by atoms with Crippen LogP contribution in [0, 0.1) is 11.3 Å². The molecule has 3 fully saturated rings. The van der Waals surface area contributed by atoms with Gasteiger partial charge >= 0.3 is 0 Å². The van der Waals surface area contributed by atoms with E-state index >= 15 is 0 Å². The monoisotopic (exact) mass is 210 g/mol. The highest BCUT2D eigenvalue weighted by atomic mass is 16.5. The molecule has 3 aliphatic rings. The molecule has 2 aliphatic heterocycles. The number of hydrogen-bond donors (Lipinski definition) is 1. The fraction of sp³-hybridized carbons (Fsp3) is 1.00. The van der Waals surface area contributed by atoms with E-state index < -0.39 is 0 Å². The molecule has 1 saturated carbocycles. The standard InChI is InChI=1S/C12H22N2O/c1-14-6-5-13-11(7-14)12(8-15-9-12)10-3-2-4-10/h10-11,13H,2-9H2,1H3. The Balaban J connectivity index is 1.71. The van der Waals surface area contributed by atoms with Crippen LogP contribution in [0.4, 0.5) is 0 Å². The zero-order valence-electron chi connectivity index (χ0n) is 9.67. The lowest BCUT2D eigenvalue weighted by molar-refractivity contribution is -0.185. The second kappa shape index (κ2) is 3.72. The minimum atomic E-state index is 0.493. The van der Waals surface area contributed by atoms with Crippen molar-refractivity contribution in [2.45, 2.75) is 25.3 Å². The first-order valence-electron chi connectivity index (χ1n) is 6.31. The molecule has 0 spiro atoms. The largest absolute Gasteiger partial charge is 0.380 e. The Hall–Kier alpha value is -0.120. The summed E-state index contributed by atoms with van der Waals surface area (Å²) in [5, 5.41) is 3.72. The van der Waals surface area contributed by atoms with E-state index in [1.807, 2.05) is 0 Å². The van der Waals surface area contributed by atoms with E-state index in [1.165, 1.54) is 32.4 Å². The lowest BCUT2D eigenvalue weighted by atomic mass is 9.60. The number of rotatable bonds is 2. The van der Waals surface area contributed by atoms with E-state index in [4.69, 9.17) is 4.74 Å². The Bertz CT molecular complexity index is 236. The molecule has 3 nitrogen and oxygen atoms in total. The van der Waals surface area contributed by atoms with E-state index in [0.29, 0.717) is 11.5 Å². The van der Waals surface area contributed by atoms with Crippen molar-refractivity contribution in [3.63, 3.8) is 0 Å². The first-order valence-corrected chi connectivity index (χ1v) is 6.31. The summed E-state index contributed by atoms with van der Waals surface area (Å²) in [6.07, 6.45) is 4.31. The molecule has 0 aromatic heterocycles. The molecule has 1 atom stereocenters. The summed E-state index contributed by atoms with van der Waals surface area (Å²) in [4.78, 5) is 2.46. The summed E-state index contributed by atoms with van der Waals surface area (Å²) in [6, 6.07) is 0.676. The molecule has 3 rings (SSSR count). The summed E-state index contributed by atoms with van der Waals surface area (Å²) >= 11 is 0. The van der Waals surface area contributed by atoms with Crippen LogP contribution in [-0.4, -0.2) is 50.8 Å². The SMILES string of the molecule is CN1CCNC(C2(C3CCC3)COC2)C1. The second-order valence-corrected chi connectivity index (χ2v) is 5.62. The quantitative estimate of drug-likeness (QED) is 0.726. The molecular formula is C12H22N2O. The van der Waals surface area contributed by atoms with Gasteiger partial charge in [-0.05, 0) is 25.8 Å². The fourth-order valence-corrected chi connectivity index (χ4v) is 3.32. The van der Waals surface area contributed by atoms with Crippen LogP contribution in [0.2, 0.25) is 0 Å². The third-order valence-electron chi connectivity index (χ3n) is 4.73. The Kier molecular flexibility index (Phi) is 2.49. The molecular weight excluding hydrogens is 188 g/mol. The van der Waals surface area contributed by atoms with Crippen molar-refractivity contribution in [3.05, 3.63) is 0 Å². The van der Waals surface area contributed by atoms with Crippen LogP contribution in [0.5, 0.6) is 0 Å². The van der Waals surface area contributed by atoms with Crippen LogP contribution < -0.4 is 5.32 Å². The van der Waals surface area contributed by atoms with E-state index in [1.54, 1.807) is 0 Å². The Morgan fingerprint density at radius 2 is 2.13 bits per heavy atom. The van der Waals surface area contributed by atoms with Gasteiger partial charge in [-0.15, -0.1) is 0 Å². The Morgan fingerprint density at radius 1 is 1.33 bits per heavy atom. The predicted molar refractivity (Wildman–Crippen MR) is 59.9 cm³/mol. The maximum Gasteiger partial charge on any atom is 0.0563 e. The average Bonchev–Trinajstić information content (AvgIpc) is 2.07. The molecule has 0 amide bonds. The summed E-state index contributed by atoms with van der Waals surface area (Å²) in [5.41, 5.74) is 0.493. The second-order valence-electron chi connectivity index (χ2n) is 5.62. The molecule has 0 aromatic carbocycles. The summed E-state index contributed by atoms with van der Waals surface area (Å²) < 4.78 is 5.53. The number of nitrogens with one attached hydrogen (secondary N) is 1. The van der Waals surface area contributed by atoms with Gasteiger partial charge in [0.2, 0.25) is 0 Å². The fourth-order valence-electron chi connectivity index (χ4n) is 3.32. The van der Waals surface area contributed by atoms with Gasteiger partial charge < -0.3 is 15.0 Å². The molecule has 2 saturated heterocycles. The van der Waals surface area contributed by atoms with Gasteiger partial charge in [-0.2, -0.15) is 0 Å². The number of nitrogens with zero attached hydrogens (tertiary/aromatic N) is 1. The normalized spacial score (nSPS) is 37.0. The van der Waals surface area contributed by atoms with Gasteiger partial charge in [0.25, 0.3) is 0 Å². The predicted octanol–water partition coefficient (Wildman–Crippen LogP) is 0.707. The smallest absolute Gasteiger partial charge is 0.0563 e. The molecule has 86 valence electrons. The molecule has 1 aliphatic carbocycles. The topological polar surface area (TPSA) is 24.5 Å². The number of hydrogen-bond acceptors (Lipinski definition) is 3. The van der Waals surface area contributed by atoms with Gasteiger partial charge in [-0.3, -0.25) is 0 Å². The Labute approximate surface area is 92.2 Å². The van der Waals surface area contributed by atoms with Crippen LogP contribution >= 0.6 is 0 Å². The van der Waals surface area contributed by atoms with Gasteiger partial charge in [-0.1, -0.05) is 6.42 Å². The van der Waals surface area contributed by atoms with Crippen molar-refractivity contribution in [1.29, 1.82) is 0 Å². The highest BCUT2D eigenvalue weighted by molar-refractivity contribution is 5.04. The van der Waals surface area contributed by atoms with Gasteiger partial charge in [0.15, 0.2) is 0 Å². The molecule has 1 unspecified atom stereocenters. The lowest BCUT2D eigenvalue weighted by Crippen LogP contribution is -2.67. The zero-order chi connectivity index (χ0) is 10.3. The minimum absolute atomic E-state index is 0.493. The lowest BCUT2D eigenvalue weighted by Gasteiger charge is -2.57. The average molecular weight is 210 g/mol. The van der Waals surface area contributed by atoms with Crippen LogP contribution in [0.3, 0.4) is 0 Å². The van der Waals surface area contributed by atoms with Gasteiger partial charge in [0.05, 0.1) is 13.2 Å². The minimum Gasteiger partial charge on any atom is -0.380 e. The molecule has 3 heteroatoms. The highest BCUT2D eigenvalue weighted by Crippen LogP contribution is 2.49. The Morgan fingerprint density at radius 3 is 2.60 bits per heavy atom. The van der Waals surface area contributed by atoms with Crippen molar-refractivity contribution in [2.75, 3.05) is 39.9 Å². The third-order valence-corrected chi connectivity index (χ3v) is 4.73. The zero-order valence-corrected chi connectivity index (χ0v) is 9.67. The van der Waals surface area contributed by atoms with Gasteiger partial charge in [0, 0.05) is 31.1 Å². The first kappa shape index (κ1) is 10.1. The number of piperazine rings is 1. The molecule has 1 N–H and O–H groups in total. The summed E-state index contributed by atoms with van der Waals surface area (Å²) in [7, 11) is 2.24. The van der Waals surface area contributed by atoms with E-state index in [0.717, 1.165) is 25.7 Å². The van der Waals surface area contributed by atoms with Crippen LogP contribution in [0.15, 0.2) is 0 Å². The van der Waals surface area contributed by atoms with Crippen LogP contribution in [0.25, 0.3) is 0 Å². The summed E-state index contributed by atoms with van der Waals surface area (Å²) in [5.74, 6) is 0.940. The van der Waals surface area contributed by atoms with Crippen molar-refractivity contribution in [3.8, 4) is 0 Å². The number of ether oxygens (including phenoxy) is 1. The maximum absolute atomic E-state index is 5.53. The van der Waals surface area contributed by atoms with Crippen LogP contribution in [-0.2, 0) is 4.74 Å². The van der Waals surface area contributed by atoms with Crippen molar-refractivity contribution in [1.82, 2.24) is 10.2 Å². The van der Waals surface area contributed by atoms with Gasteiger partial charge in [0.1, 0.15) is 0 Å². The van der Waals surface area contributed by atoms with Crippen molar-refractivity contribution < 1.29 is 4.74 Å². The third kappa shape index (κ3) is 1.52. The molecule has 0 bridgehead atoms. The molecule has 15 heavy (non-hydrogen) atoms. The van der Waals surface area contributed by atoms with Gasteiger partial charge in [-0.25, -0.2) is 0 Å². The number of likely N-dealkylation sites (N-methyl/N-ethyl adjacent to an activating group) is 1. The molecule has 0 aromatic rings. The van der Waals surface area contributed by atoms with Crippen molar-refractivity contribution in [2.24, 2.45) is 11.3 Å². The summed E-state index contributed by atoms with van der Waals surface area (Å²) in [6.45, 7) is 5.56. The molecule has 0 radical (unpaired) electrons. The van der Waals surface area contributed by atoms with E-state index in [9.17, 15) is 0 Å². The van der Waals surface area contributed by atoms with E-state index in [2.05, 4.69) is 17.3 Å².